The van der Waals surface area contributed by atoms with Crippen molar-refractivity contribution in [1.29, 1.82) is 5.26 Å². The summed E-state index contributed by atoms with van der Waals surface area (Å²) in [5.74, 6) is 0.798. The average Bonchev–Trinajstić information content (AvgIpc) is 3.12. The van der Waals surface area contributed by atoms with Gasteiger partial charge in [0, 0.05) is 30.6 Å². The molecule has 0 aromatic carbocycles. The minimum Gasteiger partial charge on any atom is -0.356 e. The molecule has 1 aliphatic heterocycles. The Morgan fingerprint density at radius 1 is 1.38 bits per heavy atom. The quantitative estimate of drug-likeness (QED) is 0.727. The van der Waals surface area contributed by atoms with E-state index in [2.05, 4.69) is 16.3 Å². The van der Waals surface area contributed by atoms with Gasteiger partial charge in [-0.25, -0.2) is 4.52 Å². The zero-order valence-electron chi connectivity index (χ0n) is 14.3. The van der Waals surface area contributed by atoms with Crippen molar-refractivity contribution in [3.05, 3.63) is 36.3 Å². The molecule has 7 nitrogen and oxygen atoms in total. The first-order valence-corrected chi connectivity index (χ1v) is 8.77. The molecule has 5 rings (SSSR count). The van der Waals surface area contributed by atoms with E-state index in [1.807, 2.05) is 31.3 Å². The number of carbonyl (C=O) groups excluding carboxylic acids is 1. The monoisotopic (exact) mass is 347 g/mol. The minimum absolute atomic E-state index is 0.0751. The van der Waals surface area contributed by atoms with Crippen LogP contribution in [0.1, 0.15) is 25.0 Å². The smallest absolute Gasteiger partial charge is 0.247 e. The number of nitriles is 1. The van der Waals surface area contributed by atoms with Gasteiger partial charge in [-0.3, -0.25) is 4.79 Å². The van der Waals surface area contributed by atoms with Gasteiger partial charge >= 0.3 is 0 Å². The molecule has 2 fully saturated rings. The van der Waals surface area contributed by atoms with E-state index in [1.54, 1.807) is 15.6 Å². The molecule has 2 aliphatic rings. The van der Waals surface area contributed by atoms with Gasteiger partial charge in [-0.05, 0) is 44.2 Å². The molecule has 7 heteroatoms. The van der Waals surface area contributed by atoms with Crippen LogP contribution in [0.25, 0.3) is 16.8 Å². The lowest BCUT2D eigenvalue weighted by Crippen LogP contribution is -2.35. The summed E-state index contributed by atoms with van der Waals surface area (Å²) < 4.78 is 7.08. The number of amides is 1. The highest BCUT2D eigenvalue weighted by molar-refractivity contribution is 6.05. The molecule has 1 amide bonds. The minimum atomic E-state index is -0.849. The Bertz CT molecular complexity index is 1070. The summed E-state index contributed by atoms with van der Waals surface area (Å²) in [6.07, 6.45) is 6.07. The Labute approximate surface area is 149 Å². The molecule has 1 saturated carbocycles. The number of carbonyl (C=O) groups is 1. The van der Waals surface area contributed by atoms with E-state index in [-0.39, 0.29) is 11.8 Å². The maximum Gasteiger partial charge on any atom is 0.247 e. The number of aryl methyl sites for hydroxylation is 1. The Kier molecular flexibility index (Phi) is 3.02. The van der Waals surface area contributed by atoms with E-state index >= 15 is 0 Å². The van der Waals surface area contributed by atoms with Crippen LogP contribution in [-0.2, 0) is 4.79 Å². The number of fused-ring (bicyclic) bond motifs is 1. The van der Waals surface area contributed by atoms with Crippen LogP contribution >= 0.6 is 0 Å². The van der Waals surface area contributed by atoms with Crippen LogP contribution in [0.2, 0.25) is 0 Å². The summed E-state index contributed by atoms with van der Waals surface area (Å²) >= 11 is 0. The lowest BCUT2D eigenvalue weighted by molar-refractivity contribution is -0.123. The van der Waals surface area contributed by atoms with Crippen molar-refractivity contribution in [2.75, 3.05) is 11.4 Å². The molecule has 0 N–H and O–H groups in total. The molecule has 4 heterocycles. The van der Waals surface area contributed by atoms with Gasteiger partial charge < -0.3 is 9.42 Å². The average molecular weight is 347 g/mol. The van der Waals surface area contributed by atoms with Crippen molar-refractivity contribution >= 4 is 17.1 Å². The number of rotatable bonds is 3. The predicted molar refractivity (Wildman–Crippen MR) is 93.2 cm³/mol. The Morgan fingerprint density at radius 3 is 2.92 bits per heavy atom. The van der Waals surface area contributed by atoms with E-state index in [1.165, 1.54) is 0 Å². The summed E-state index contributed by atoms with van der Waals surface area (Å²) in [5.41, 5.74) is 2.41. The molecule has 130 valence electrons. The van der Waals surface area contributed by atoms with Crippen molar-refractivity contribution in [2.24, 2.45) is 11.3 Å². The maximum absolute atomic E-state index is 13.1. The molecular weight excluding hydrogens is 330 g/mol. The molecule has 1 aliphatic carbocycles. The van der Waals surface area contributed by atoms with Crippen LogP contribution in [-0.4, -0.2) is 27.2 Å². The van der Waals surface area contributed by atoms with Crippen LogP contribution < -0.4 is 4.90 Å². The summed E-state index contributed by atoms with van der Waals surface area (Å²) in [7, 11) is 0. The number of anilines is 1. The molecule has 0 spiro atoms. The zero-order chi connectivity index (χ0) is 17.9. The third-order valence-corrected chi connectivity index (χ3v) is 5.52. The number of nitrogens with zero attached hydrogens (tertiary/aromatic N) is 5. The first-order valence-electron chi connectivity index (χ1n) is 8.77. The lowest BCUT2D eigenvalue weighted by Gasteiger charge is -2.21. The van der Waals surface area contributed by atoms with E-state index in [9.17, 15) is 10.1 Å². The predicted octanol–water partition coefficient (Wildman–Crippen LogP) is 2.95. The molecule has 26 heavy (non-hydrogen) atoms. The number of hydrogen-bond acceptors (Lipinski definition) is 5. The highest BCUT2D eigenvalue weighted by atomic mass is 16.5. The standard InChI is InChI=1S/C19H17N5O2/c1-12-8-17(26-22-12)13-9-16-15(4-6-21-24(16)10-13)23-7-5-19(11-20,18(23)25)14-2-3-14/h4,6,8-10,14H,2-3,5,7H2,1H3/t19-/m1/s1. The second-order valence-electron chi connectivity index (χ2n) is 7.17. The summed E-state index contributed by atoms with van der Waals surface area (Å²) in [6.45, 7) is 2.43. The van der Waals surface area contributed by atoms with Crippen molar-refractivity contribution in [3.8, 4) is 17.4 Å². The zero-order valence-corrected chi connectivity index (χ0v) is 14.3. The summed E-state index contributed by atoms with van der Waals surface area (Å²) in [4.78, 5) is 14.9. The number of hydrogen-bond donors (Lipinski definition) is 0. The SMILES string of the molecule is Cc1cc(-c2cc3c(N4CC[C@@](C#N)(C5CC5)C4=O)ccnn3c2)on1. The van der Waals surface area contributed by atoms with Gasteiger partial charge in [0.25, 0.3) is 0 Å². The van der Waals surface area contributed by atoms with Gasteiger partial charge in [0.1, 0.15) is 5.41 Å². The Hall–Kier alpha value is -3.14. The fraction of sp³-hybridized carbons (Fsp3) is 0.368. The molecule has 0 radical (unpaired) electrons. The van der Waals surface area contributed by atoms with E-state index < -0.39 is 5.41 Å². The summed E-state index contributed by atoms with van der Waals surface area (Å²) in [6, 6.07) is 7.98. The molecule has 0 unspecified atom stereocenters. The van der Waals surface area contributed by atoms with Crippen molar-refractivity contribution in [3.63, 3.8) is 0 Å². The fourth-order valence-corrected chi connectivity index (χ4v) is 3.98. The van der Waals surface area contributed by atoms with Crippen molar-refractivity contribution in [2.45, 2.75) is 26.2 Å². The lowest BCUT2D eigenvalue weighted by atomic mass is 9.83. The van der Waals surface area contributed by atoms with E-state index in [4.69, 9.17) is 4.52 Å². The van der Waals surface area contributed by atoms with E-state index in [0.717, 1.165) is 35.3 Å². The van der Waals surface area contributed by atoms with Crippen LogP contribution in [0.4, 0.5) is 5.69 Å². The Balaban J connectivity index is 1.58. The summed E-state index contributed by atoms with van der Waals surface area (Å²) in [5, 5.41) is 18.0. The van der Waals surface area contributed by atoms with Crippen molar-refractivity contribution < 1.29 is 9.32 Å². The first-order chi connectivity index (χ1) is 12.6. The third-order valence-electron chi connectivity index (χ3n) is 5.52. The van der Waals surface area contributed by atoms with Gasteiger partial charge in [0.15, 0.2) is 5.76 Å². The van der Waals surface area contributed by atoms with Gasteiger partial charge in [0.2, 0.25) is 5.91 Å². The highest BCUT2D eigenvalue weighted by Gasteiger charge is 2.56. The van der Waals surface area contributed by atoms with Gasteiger partial charge in [-0.15, -0.1) is 0 Å². The van der Waals surface area contributed by atoms with Crippen LogP contribution in [0.15, 0.2) is 35.1 Å². The largest absolute Gasteiger partial charge is 0.356 e. The molecule has 3 aromatic heterocycles. The fourth-order valence-electron chi connectivity index (χ4n) is 3.98. The molecular formula is C19H17N5O2. The highest BCUT2D eigenvalue weighted by Crippen LogP contribution is 2.52. The van der Waals surface area contributed by atoms with Gasteiger partial charge in [-0.1, -0.05) is 5.16 Å². The van der Waals surface area contributed by atoms with Crippen LogP contribution in [0, 0.1) is 29.6 Å². The first kappa shape index (κ1) is 15.1. The van der Waals surface area contributed by atoms with Gasteiger partial charge in [-0.2, -0.15) is 10.4 Å². The molecule has 1 saturated heterocycles. The maximum atomic E-state index is 13.1. The third kappa shape index (κ3) is 2.02. The van der Waals surface area contributed by atoms with Crippen LogP contribution in [0.5, 0.6) is 0 Å². The van der Waals surface area contributed by atoms with Gasteiger partial charge in [0.05, 0.1) is 23.0 Å². The second-order valence-corrected chi connectivity index (χ2v) is 7.17. The second kappa shape index (κ2) is 5.18. The normalized spacial score (nSPS) is 22.9. The van der Waals surface area contributed by atoms with Crippen molar-refractivity contribution in [1.82, 2.24) is 14.8 Å². The van der Waals surface area contributed by atoms with E-state index in [0.29, 0.717) is 18.7 Å². The Morgan fingerprint density at radius 2 is 2.23 bits per heavy atom. The van der Waals surface area contributed by atoms with Crippen LogP contribution in [0.3, 0.4) is 0 Å². The molecule has 3 aromatic rings. The molecule has 0 bridgehead atoms. The molecule has 1 atom stereocenters. The number of aromatic nitrogens is 3. The topological polar surface area (TPSA) is 87.4 Å².